The Labute approximate surface area is 160 Å². The number of hydrogen-bond acceptors (Lipinski definition) is 5. The highest BCUT2D eigenvalue weighted by Gasteiger charge is 2.51. The Morgan fingerprint density at radius 2 is 1.81 bits per heavy atom. The van der Waals surface area contributed by atoms with Crippen molar-refractivity contribution in [1.29, 1.82) is 0 Å². The van der Waals surface area contributed by atoms with E-state index < -0.39 is 5.60 Å². The molecular formula is C20H28N2O5. The molecule has 0 aromatic heterocycles. The zero-order valence-electron chi connectivity index (χ0n) is 16.4. The fourth-order valence-corrected chi connectivity index (χ4v) is 3.72. The number of carbonyl (C=O) groups excluding carboxylic acids is 2. The standard InChI is InChI=1S/C20H28N2O5/c1-20(2,3)27-19(24)22-15-10-17(25-4)16(22)12-21(11-15)18(23)26-13-14-8-6-5-7-9-14/h5-9,15-17H,10-13H2,1-4H3. The van der Waals surface area contributed by atoms with Crippen molar-refractivity contribution >= 4 is 12.2 Å². The summed E-state index contributed by atoms with van der Waals surface area (Å²) in [6.45, 7) is 6.56. The summed E-state index contributed by atoms with van der Waals surface area (Å²) >= 11 is 0. The molecular weight excluding hydrogens is 348 g/mol. The molecule has 2 aliphatic heterocycles. The zero-order valence-corrected chi connectivity index (χ0v) is 16.4. The van der Waals surface area contributed by atoms with Crippen LogP contribution in [0, 0.1) is 0 Å². The first-order valence-corrected chi connectivity index (χ1v) is 9.28. The number of hydrogen-bond donors (Lipinski definition) is 0. The van der Waals surface area contributed by atoms with E-state index in [1.807, 2.05) is 51.1 Å². The van der Waals surface area contributed by atoms with Crippen molar-refractivity contribution in [3.63, 3.8) is 0 Å². The van der Waals surface area contributed by atoms with Gasteiger partial charge in [0.1, 0.15) is 12.2 Å². The van der Waals surface area contributed by atoms with Crippen molar-refractivity contribution < 1.29 is 23.8 Å². The molecule has 0 saturated carbocycles. The lowest BCUT2D eigenvalue weighted by molar-refractivity contribution is -0.0184. The predicted octanol–water partition coefficient (Wildman–Crippen LogP) is 3.03. The van der Waals surface area contributed by atoms with E-state index in [1.165, 1.54) is 0 Å². The molecule has 1 aromatic rings. The molecule has 0 radical (unpaired) electrons. The van der Waals surface area contributed by atoms with Gasteiger partial charge in [0.25, 0.3) is 0 Å². The van der Waals surface area contributed by atoms with Gasteiger partial charge in [0.05, 0.1) is 18.2 Å². The Balaban J connectivity index is 1.64. The number of ether oxygens (including phenoxy) is 3. The number of piperazine rings is 1. The van der Waals surface area contributed by atoms with Gasteiger partial charge < -0.3 is 19.1 Å². The number of amides is 2. The third-order valence-corrected chi connectivity index (χ3v) is 4.89. The fraction of sp³-hybridized carbons (Fsp3) is 0.600. The van der Waals surface area contributed by atoms with E-state index >= 15 is 0 Å². The number of nitrogens with zero attached hydrogens (tertiary/aromatic N) is 2. The third-order valence-electron chi connectivity index (χ3n) is 4.89. The largest absolute Gasteiger partial charge is 0.445 e. The van der Waals surface area contributed by atoms with Crippen LogP contribution in [0.2, 0.25) is 0 Å². The summed E-state index contributed by atoms with van der Waals surface area (Å²) in [6, 6.07) is 9.21. The molecule has 1 aromatic carbocycles. The molecule has 0 spiro atoms. The van der Waals surface area contributed by atoms with E-state index in [2.05, 4.69) is 0 Å². The van der Waals surface area contributed by atoms with E-state index in [0.717, 1.165) is 5.56 Å². The van der Waals surface area contributed by atoms with Crippen LogP contribution in [0.3, 0.4) is 0 Å². The van der Waals surface area contributed by atoms with E-state index in [-0.39, 0.29) is 37.0 Å². The maximum Gasteiger partial charge on any atom is 0.411 e. The van der Waals surface area contributed by atoms with Crippen molar-refractivity contribution in [2.75, 3.05) is 20.2 Å². The molecule has 3 atom stereocenters. The van der Waals surface area contributed by atoms with Gasteiger partial charge in [-0.25, -0.2) is 9.59 Å². The van der Waals surface area contributed by atoms with Crippen LogP contribution in [0.5, 0.6) is 0 Å². The highest BCUT2D eigenvalue weighted by Crippen LogP contribution is 2.33. The maximum atomic E-state index is 12.6. The number of carbonyl (C=O) groups is 2. The zero-order chi connectivity index (χ0) is 19.6. The third kappa shape index (κ3) is 4.53. The number of fused-ring (bicyclic) bond motifs is 2. The van der Waals surface area contributed by atoms with Gasteiger partial charge in [-0.1, -0.05) is 30.3 Å². The normalized spacial score (nSPS) is 24.7. The first kappa shape index (κ1) is 19.5. The van der Waals surface area contributed by atoms with Crippen LogP contribution in [0.1, 0.15) is 32.8 Å². The molecule has 0 N–H and O–H groups in total. The van der Waals surface area contributed by atoms with Gasteiger partial charge in [0.15, 0.2) is 0 Å². The summed E-state index contributed by atoms with van der Waals surface area (Å²) in [6.07, 6.45) is -0.152. The van der Waals surface area contributed by atoms with Crippen molar-refractivity contribution in [2.45, 2.75) is 57.6 Å². The molecule has 3 unspecified atom stereocenters. The minimum Gasteiger partial charge on any atom is -0.445 e. The van der Waals surface area contributed by atoms with Gasteiger partial charge in [0.2, 0.25) is 0 Å². The van der Waals surface area contributed by atoms with Crippen LogP contribution in [0.15, 0.2) is 30.3 Å². The predicted molar refractivity (Wildman–Crippen MR) is 99.3 cm³/mol. The van der Waals surface area contributed by atoms with Crippen LogP contribution < -0.4 is 0 Å². The molecule has 7 heteroatoms. The summed E-state index contributed by atoms with van der Waals surface area (Å²) in [5, 5.41) is 0. The second-order valence-corrected chi connectivity index (χ2v) is 8.06. The lowest BCUT2D eigenvalue weighted by atomic mass is 10.1. The minimum absolute atomic E-state index is 0.116. The van der Waals surface area contributed by atoms with Crippen LogP contribution in [0.4, 0.5) is 9.59 Å². The topological polar surface area (TPSA) is 68.3 Å². The van der Waals surface area contributed by atoms with Crippen LogP contribution >= 0.6 is 0 Å². The van der Waals surface area contributed by atoms with Crippen molar-refractivity contribution in [1.82, 2.24) is 9.80 Å². The smallest absolute Gasteiger partial charge is 0.411 e. The van der Waals surface area contributed by atoms with Gasteiger partial charge in [0, 0.05) is 20.2 Å². The molecule has 2 amide bonds. The Morgan fingerprint density at radius 1 is 1.11 bits per heavy atom. The summed E-state index contributed by atoms with van der Waals surface area (Å²) in [5.41, 5.74) is 0.376. The van der Waals surface area contributed by atoms with Crippen LogP contribution in [0.25, 0.3) is 0 Å². The van der Waals surface area contributed by atoms with E-state index in [1.54, 1.807) is 16.9 Å². The Kier molecular flexibility index (Phi) is 5.60. The quantitative estimate of drug-likeness (QED) is 0.811. The Morgan fingerprint density at radius 3 is 2.44 bits per heavy atom. The van der Waals surface area contributed by atoms with Gasteiger partial charge >= 0.3 is 12.2 Å². The highest BCUT2D eigenvalue weighted by molar-refractivity contribution is 5.72. The van der Waals surface area contributed by atoms with Crippen LogP contribution in [-0.4, -0.2) is 66.0 Å². The van der Waals surface area contributed by atoms with Crippen molar-refractivity contribution in [3.8, 4) is 0 Å². The van der Waals surface area contributed by atoms with E-state index in [0.29, 0.717) is 19.5 Å². The summed E-state index contributed by atoms with van der Waals surface area (Å²) < 4.78 is 16.6. The molecule has 3 rings (SSSR count). The lowest BCUT2D eigenvalue weighted by Crippen LogP contribution is -2.59. The first-order valence-electron chi connectivity index (χ1n) is 9.28. The molecule has 2 fully saturated rings. The minimum atomic E-state index is -0.565. The number of benzene rings is 1. The molecule has 2 bridgehead atoms. The second-order valence-electron chi connectivity index (χ2n) is 8.06. The average Bonchev–Trinajstić information content (AvgIpc) is 2.85. The SMILES string of the molecule is COC1CC2CN(C(=O)OCc3ccccc3)CC1N2C(=O)OC(C)(C)C. The van der Waals surface area contributed by atoms with E-state index in [4.69, 9.17) is 14.2 Å². The number of rotatable bonds is 3. The molecule has 2 saturated heterocycles. The number of methoxy groups -OCH3 is 1. The van der Waals surface area contributed by atoms with Crippen molar-refractivity contribution in [2.24, 2.45) is 0 Å². The van der Waals surface area contributed by atoms with E-state index in [9.17, 15) is 9.59 Å². The highest BCUT2D eigenvalue weighted by atomic mass is 16.6. The summed E-state index contributed by atoms with van der Waals surface area (Å²) in [7, 11) is 1.64. The average molecular weight is 376 g/mol. The lowest BCUT2D eigenvalue weighted by Gasteiger charge is -2.41. The molecule has 2 heterocycles. The summed E-state index contributed by atoms with van der Waals surface area (Å²) in [5.74, 6) is 0. The van der Waals surface area contributed by atoms with Crippen LogP contribution in [-0.2, 0) is 20.8 Å². The fourth-order valence-electron chi connectivity index (χ4n) is 3.72. The maximum absolute atomic E-state index is 12.6. The Bertz CT molecular complexity index is 673. The summed E-state index contributed by atoms with van der Waals surface area (Å²) in [4.78, 5) is 28.6. The number of likely N-dealkylation sites (tertiary alicyclic amines) is 1. The molecule has 7 nitrogen and oxygen atoms in total. The monoisotopic (exact) mass is 376 g/mol. The second kappa shape index (κ2) is 7.76. The molecule has 27 heavy (non-hydrogen) atoms. The van der Waals surface area contributed by atoms with Gasteiger partial charge in [-0.3, -0.25) is 4.90 Å². The molecule has 148 valence electrons. The van der Waals surface area contributed by atoms with Gasteiger partial charge in [-0.05, 0) is 32.8 Å². The van der Waals surface area contributed by atoms with Crippen molar-refractivity contribution in [3.05, 3.63) is 35.9 Å². The molecule has 0 aliphatic carbocycles. The first-order chi connectivity index (χ1) is 12.8. The van der Waals surface area contributed by atoms with Gasteiger partial charge in [-0.15, -0.1) is 0 Å². The van der Waals surface area contributed by atoms with Gasteiger partial charge in [-0.2, -0.15) is 0 Å². The Hall–Kier alpha value is -2.28. The molecule has 2 aliphatic rings.